The molecule has 23 heavy (non-hydrogen) atoms. The fourth-order valence-corrected chi connectivity index (χ4v) is 2.41. The average Bonchev–Trinajstić information content (AvgIpc) is 2.60. The molecular weight excluding hydrogens is 292 g/mol. The molecule has 1 heterocycles. The molecule has 6 heteroatoms. The predicted octanol–water partition coefficient (Wildman–Crippen LogP) is 1.92. The molecule has 1 aromatic carbocycles. The lowest BCUT2D eigenvalue weighted by Crippen LogP contribution is -2.35. The number of ether oxygens (including phenoxy) is 1. The maximum atomic E-state index is 11.7. The Labute approximate surface area is 136 Å². The highest BCUT2D eigenvalue weighted by Gasteiger charge is 2.14. The number of nitrogens with zero attached hydrogens (tertiary/aromatic N) is 3. The Bertz CT molecular complexity index is 580. The van der Waals surface area contributed by atoms with E-state index in [4.69, 9.17) is 10.00 Å². The van der Waals surface area contributed by atoms with Gasteiger partial charge in [-0.15, -0.1) is 0 Å². The summed E-state index contributed by atoms with van der Waals surface area (Å²) in [5.74, 6) is 0.275. The van der Waals surface area contributed by atoms with E-state index >= 15 is 0 Å². The van der Waals surface area contributed by atoms with Crippen molar-refractivity contribution < 1.29 is 9.53 Å². The molecule has 1 aliphatic rings. The molecule has 0 aliphatic carbocycles. The van der Waals surface area contributed by atoms with Crippen molar-refractivity contribution >= 4 is 11.6 Å². The Kier molecular flexibility index (Phi) is 6.57. The third-order valence-corrected chi connectivity index (χ3v) is 3.67. The average molecular weight is 314 g/mol. The van der Waals surface area contributed by atoms with Crippen molar-refractivity contribution in [2.45, 2.75) is 26.2 Å². The van der Waals surface area contributed by atoms with E-state index in [1.807, 2.05) is 6.07 Å². The summed E-state index contributed by atoms with van der Waals surface area (Å²) in [5, 5.41) is 12.9. The Hall–Kier alpha value is -2.39. The first-order chi connectivity index (χ1) is 11.2. The number of likely N-dealkylation sites (tertiary alicyclic amines) is 1. The second kappa shape index (κ2) is 8.91. The standard InChI is InChI=1S/C17H22N4O2/c1-2-9-21-10-7-15(8-11-21)19-20-17(22)13-23-16-5-3-14(12-18)4-6-16/h3-6H,2,7-11,13H2,1H3,(H,20,22). The third kappa shape index (κ3) is 5.72. The minimum absolute atomic E-state index is 0.0926. The van der Waals surface area contributed by atoms with Crippen molar-refractivity contribution in [2.75, 3.05) is 26.2 Å². The summed E-state index contributed by atoms with van der Waals surface area (Å²) in [4.78, 5) is 14.2. The van der Waals surface area contributed by atoms with Crippen LogP contribution in [-0.2, 0) is 4.79 Å². The van der Waals surface area contributed by atoms with E-state index in [1.165, 1.54) is 0 Å². The van der Waals surface area contributed by atoms with Gasteiger partial charge in [-0.05, 0) is 37.2 Å². The lowest BCUT2D eigenvalue weighted by Gasteiger charge is -2.26. The third-order valence-electron chi connectivity index (χ3n) is 3.67. The number of carbonyl (C=O) groups excluding carboxylic acids is 1. The fourth-order valence-electron chi connectivity index (χ4n) is 2.41. The highest BCUT2D eigenvalue weighted by atomic mass is 16.5. The van der Waals surface area contributed by atoms with Gasteiger partial charge in [0.25, 0.3) is 5.91 Å². The molecule has 2 rings (SSSR count). The van der Waals surface area contributed by atoms with Crippen LogP contribution in [0.3, 0.4) is 0 Å². The van der Waals surface area contributed by atoms with Gasteiger partial charge in [0.1, 0.15) is 5.75 Å². The van der Waals surface area contributed by atoms with Gasteiger partial charge < -0.3 is 9.64 Å². The van der Waals surface area contributed by atoms with Crippen molar-refractivity contribution in [3.63, 3.8) is 0 Å². The molecule has 0 spiro atoms. The molecule has 0 radical (unpaired) electrons. The smallest absolute Gasteiger partial charge is 0.277 e. The molecule has 6 nitrogen and oxygen atoms in total. The summed E-state index contributed by atoms with van der Waals surface area (Å²) in [6.45, 7) is 5.22. The maximum absolute atomic E-state index is 11.7. The van der Waals surface area contributed by atoms with Gasteiger partial charge in [-0.25, -0.2) is 5.43 Å². The van der Waals surface area contributed by atoms with Crippen LogP contribution in [0.2, 0.25) is 0 Å². The summed E-state index contributed by atoms with van der Waals surface area (Å²) in [7, 11) is 0. The van der Waals surface area contributed by atoms with Gasteiger partial charge >= 0.3 is 0 Å². The first-order valence-corrected chi connectivity index (χ1v) is 7.91. The minimum atomic E-state index is -0.280. The monoisotopic (exact) mass is 314 g/mol. The topological polar surface area (TPSA) is 77.7 Å². The molecular formula is C17H22N4O2. The van der Waals surface area contributed by atoms with Crippen LogP contribution in [0.25, 0.3) is 0 Å². The molecule has 1 saturated heterocycles. The Morgan fingerprint density at radius 3 is 2.65 bits per heavy atom. The van der Waals surface area contributed by atoms with Crippen molar-refractivity contribution in [1.82, 2.24) is 10.3 Å². The number of hydrazone groups is 1. The van der Waals surface area contributed by atoms with Gasteiger partial charge in [-0.2, -0.15) is 10.4 Å². The van der Waals surface area contributed by atoms with Gasteiger partial charge in [0.15, 0.2) is 6.61 Å². The van der Waals surface area contributed by atoms with Crippen molar-refractivity contribution in [3.8, 4) is 11.8 Å². The summed E-state index contributed by atoms with van der Waals surface area (Å²) in [5.41, 5.74) is 4.13. The summed E-state index contributed by atoms with van der Waals surface area (Å²) < 4.78 is 5.36. The van der Waals surface area contributed by atoms with Crippen molar-refractivity contribution in [2.24, 2.45) is 5.10 Å². The van der Waals surface area contributed by atoms with Crippen LogP contribution in [0.1, 0.15) is 31.7 Å². The van der Waals surface area contributed by atoms with Gasteiger partial charge in [0, 0.05) is 31.6 Å². The number of carbonyl (C=O) groups is 1. The van der Waals surface area contributed by atoms with Gasteiger partial charge in [0.2, 0.25) is 0 Å². The van der Waals surface area contributed by atoms with Gasteiger partial charge in [-0.1, -0.05) is 6.92 Å². The number of hydrogen-bond donors (Lipinski definition) is 1. The van der Waals surface area contributed by atoms with Crippen LogP contribution in [-0.4, -0.2) is 42.8 Å². The van der Waals surface area contributed by atoms with Crippen molar-refractivity contribution in [3.05, 3.63) is 29.8 Å². The van der Waals surface area contributed by atoms with Crippen LogP contribution in [0, 0.1) is 11.3 Å². The van der Waals surface area contributed by atoms with Crippen LogP contribution in [0.4, 0.5) is 0 Å². The van der Waals surface area contributed by atoms with Crippen LogP contribution in [0.15, 0.2) is 29.4 Å². The number of piperidine rings is 1. The number of nitriles is 1. The molecule has 0 atom stereocenters. The molecule has 1 aliphatic heterocycles. The van der Waals surface area contributed by atoms with Gasteiger partial charge in [-0.3, -0.25) is 4.79 Å². The fraction of sp³-hybridized carbons (Fsp3) is 0.471. The number of amides is 1. The maximum Gasteiger partial charge on any atom is 0.277 e. The molecule has 0 aromatic heterocycles. The second-order valence-electron chi connectivity index (χ2n) is 5.48. The SMILES string of the molecule is CCCN1CCC(=NNC(=O)COc2ccc(C#N)cc2)CC1. The number of nitrogens with one attached hydrogen (secondary N) is 1. The van der Waals surface area contributed by atoms with E-state index in [-0.39, 0.29) is 12.5 Å². The molecule has 122 valence electrons. The van der Waals surface area contributed by atoms with E-state index in [0.29, 0.717) is 11.3 Å². The zero-order valence-corrected chi connectivity index (χ0v) is 13.4. The largest absolute Gasteiger partial charge is 0.484 e. The molecule has 1 N–H and O–H groups in total. The van der Waals surface area contributed by atoms with Crippen LogP contribution < -0.4 is 10.2 Å². The summed E-state index contributed by atoms with van der Waals surface area (Å²) >= 11 is 0. The highest BCUT2D eigenvalue weighted by Crippen LogP contribution is 2.11. The molecule has 1 fully saturated rings. The van der Waals surface area contributed by atoms with E-state index in [2.05, 4.69) is 22.4 Å². The van der Waals surface area contributed by atoms with E-state index in [1.54, 1.807) is 24.3 Å². The Morgan fingerprint density at radius 1 is 1.35 bits per heavy atom. The lowest BCUT2D eigenvalue weighted by atomic mass is 10.1. The lowest BCUT2D eigenvalue weighted by molar-refractivity contribution is -0.123. The first kappa shape index (κ1) is 17.0. The zero-order chi connectivity index (χ0) is 16.5. The minimum Gasteiger partial charge on any atom is -0.484 e. The van der Waals surface area contributed by atoms with E-state index < -0.39 is 0 Å². The van der Waals surface area contributed by atoms with Crippen molar-refractivity contribution in [1.29, 1.82) is 5.26 Å². The summed E-state index contributed by atoms with van der Waals surface area (Å²) in [6.07, 6.45) is 2.96. The zero-order valence-electron chi connectivity index (χ0n) is 13.4. The van der Waals surface area contributed by atoms with Gasteiger partial charge in [0.05, 0.1) is 11.6 Å². The Balaban J connectivity index is 1.70. The Morgan fingerprint density at radius 2 is 2.04 bits per heavy atom. The molecule has 1 aromatic rings. The normalized spacial score (nSPS) is 14.9. The molecule has 0 bridgehead atoms. The molecule has 0 saturated carbocycles. The quantitative estimate of drug-likeness (QED) is 0.814. The second-order valence-corrected chi connectivity index (χ2v) is 5.48. The summed E-state index contributed by atoms with van der Waals surface area (Å²) in [6, 6.07) is 8.67. The molecule has 1 amide bonds. The van der Waals surface area contributed by atoms with Crippen LogP contribution >= 0.6 is 0 Å². The number of benzene rings is 1. The van der Waals surface area contributed by atoms with E-state index in [9.17, 15) is 4.79 Å². The number of hydrogen-bond acceptors (Lipinski definition) is 5. The van der Waals surface area contributed by atoms with E-state index in [0.717, 1.165) is 44.6 Å². The first-order valence-electron chi connectivity index (χ1n) is 7.91. The highest BCUT2D eigenvalue weighted by molar-refractivity contribution is 5.87. The predicted molar refractivity (Wildman–Crippen MR) is 88.2 cm³/mol. The molecule has 0 unspecified atom stereocenters. The number of rotatable bonds is 6. The van der Waals surface area contributed by atoms with Crippen LogP contribution in [0.5, 0.6) is 5.75 Å².